The molecule has 4 heteroatoms. The molecule has 2 aromatic rings. The first-order valence-electron chi connectivity index (χ1n) is 3.97. The van der Waals surface area contributed by atoms with Gasteiger partial charge in [0.2, 0.25) is 0 Å². The predicted octanol–water partition coefficient (Wildman–Crippen LogP) is 1.06. The molecule has 2 N–H and O–H groups in total. The Morgan fingerprint density at radius 2 is 2.38 bits per heavy atom. The van der Waals surface area contributed by atoms with Crippen molar-refractivity contribution in [2.75, 3.05) is 7.11 Å². The third-order valence-corrected chi connectivity index (χ3v) is 1.94. The Kier molecular flexibility index (Phi) is 1.90. The monoisotopic (exact) mass is 178 g/mol. The van der Waals surface area contributed by atoms with Gasteiger partial charge in [0, 0.05) is 5.56 Å². The molecular weight excluding hydrogens is 168 g/mol. The molecule has 0 radical (unpaired) electrons. The molecule has 13 heavy (non-hydrogen) atoms. The van der Waals surface area contributed by atoms with Gasteiger partial charge in [0.15, 0.2) is 0 Å². The summed E-state index contributed by atoms with van der Waals surface area (Å²) >= 11 is 0. The number of para-hydroxylation sites is 1. The number of benzene rings is 1. The van der Waals surface area contributed by atoms with Crippen LogP contribution in [0.2, 0.25) is 0 Å². The number of ether oxygens (including phenoxy) is 1. The second-order valence-electron chi connectivity index (χ2n) is 2.72. The van der Waals surface area contributed by atoms with Crippen molar-refractivity contribution < 1.29 is 9.84 Å². The summed E-state index contributed by atoms with van der Waals surface area (Å²) in [5.74, 6) is 0. The Bertz CT molecular complexity index is 422. The van der Waals surface area contributed by atoms with Gasteiger partial charge in [-0.15, -0.1) is 0 Å². The average Bonchev–Trinajstić information content (AvgIpc) is 2.59. The lowest BCUT2D eigenvalue weighted by molar-refractivity contribution is 0.283. The molecule has 1 heterocycles. The summed E-state index contributed by atoms with van der Waals surface area (Å²) in [6, 6.07) is 6.06. The minimum atomic E-state index is -0.00858. The highest BCUT2D eigenvalue weighted by molar-refractivity contribution is 5.79. The van der Waals surface area contributed by atoms with E-state index in [1.807, 2.05) is 18.2 Å². The van der Waals surface area contributed by atoms with E-state index >= 15 is 0 Å². The molecule has 0 atom stereocenters. The lowest BCUT2D eigenvalue weighted by Crippen LogP contribution is -1.85. The van der Waals surface area contributed by atoms with Gasteiger partial charge in [-0.25, -0.2) is 0 Å². The van der Waals surface area contributed by atoms with Gasteiger partial charge in [-0.2, -0.15) is 4.98 Å². The highest BCUT2D eigenvalue weighted by Gasteiger charge is 2.05. The number of aliphatic hydroxyl groups is 1. The first-order valence-corrected chi connectivity index (χ1v) is 3.97. The van der Waals surface area contributed by atoms with Crippen LogP contribution >= 0.6 is 0 Å². The lowest BCUT2D eigenvalue weighted by atomic mass is 10.2. The topological polar surface area (TPSA) is 58.1 Å². The number of imidazole rings is 1. The summed E-state index contributed by atoms with van der Waals surface area (Å²) in [7, 11) is 1.55. The largest absolute Gasteiger partial charge is 0.468 e. The molecule has 0 aliphatic rings. The molecule has 1 aromatic carbocycles. The maximum absolute atomic E-state index is 9.02. The van der Waals surface area contributed by atoms with Crippen molar-refractivity contribution in [1.82, 2.24) is 9.97 Å². The minimum absolute atomic E-state index is 0.00858. The zero-order valence-electron chi connectivity index (χ0n) is 7.24. The van der Waals surface area contributed by atoms with Crippen LogP contribution in [0.15, 0.2) is 18.2 Å². The van der Waals surface area contributed by atoms with Crippen LogP contribution in [0.1, 0.15) is 5.56 Å². The molecule has 0 spiro atoms. The smallest absolute Gasteiger partial charge is 0.294 e. The summed E-state index contributed by atoms with van der Waals surface area (Å²) < 4.78 is 4.95. The van der Waals surface area contributed by atoms with Gasteiger partial charge in [-0.3, -0.25) is 0 Å². The number of hydrogen-bond donors (Lipinski definition) is 2. The van der Waals surface area contributed by atoms with E-state index in [-0.39, 0.29) is 6.61 Å². The van der Waals surface area contributed by atoms with E-state index in [4.69, 9.17) is 9.84 Å². The molecule has 0 saturated carbocycles. The molecule has 0 unspecified atom stereocenters. The van der Waals surface area contributed by atoms with E-state index in [0.29, 0.717) is 6.01 Å². The van der Waals surface area contributed by atoms with Gasteiger partial charge in [-0.1, -0.05) is 12.1 Å². The number of methoxy groups -OCH3 is 1. The van der Waals surface area contributed by atoms with Crippen LogP contribution in [0, 0.1) is 0 Å². The highest BCUT2D eigenvalue weighted by Crippen LogP contribution is 2.19. The number of nitrogens with zero attached hydrogens (tertiary/aromatic N) is 1. The van der Waals surface area contributed by atoms with E-state index in [1.165, 1.54) is 0 Å². The van der Waals surface area contributed by atoms with Crippen LogP contribution in [-0.2, 0) is 6.61 Å². The van der Waals surface area contributed by atoms with Crippen molar-refractivity contribution in [3.8, 4) is 6.01 Å². The molecule has 1 aromatic heterocycles. The molecule has 0 saturated heterocycles. The Labute approximate surface area is 75.2 Å². The zero-order valence-corrected chi connectivity index (χ0v) is 7.24. The Morgan fingerprint density at radius 1 is 1.54 bits per heavy atom. The van der Waals surface area contributed by atoms with Crippen molar-refractivity contribution in [1.29, 1.82) is 0 Å². The Balaban J connectivity index is 2.67. The van der Waals surface area contributed by atoms with E-state index in [1.54, 1.807) is 7.11 Å². The second kappa shape index (κ2) is 3.06. The van der Waals surface area contributed by atoms with Gasteiger partial charge >= 0.3 is 0 Å². The first kappa shape index (κ1) is 8.07. The molecular formula is C9H10N2O2. The van der Waals surface area contributed by atoms with E-state index in [2.05, 4.69) is 9.97 Å². The number of aromatic amines is 1. The number of nitrogens with one attached hydrogen (secondary N) is 1. The third-order valence-electron chi connectivity index (χ3n) is 1.94. The highest BCUT2D eigenvalue weighted by atomic mass is 16.5. The van der Waals surface area contributed by atoms with Crippen molar-refractivity contribution >= 4 is 11.0 Å². The van der Waals surface area contributed by atoms with Crippen LogP contribution in [0.5, 0.6) is 6.01 Å². The number of hydrogen-bond acceptors (Lipinski definition) is 3. The lowest BCUT2D eigenvalue weighted by Gasteiger charge is -1.94. The number of rotatable bonds is 2. The maximum atomic E-state index is 9.02. The molecule has 0 bridgehead atoms. The number of H-pyrrole nitrogens is 1. The SMILES string of the molecule is COc1nc2c(CO)cccc2[nH]1. The fourth-order valence-corrected chi connectivity index (χ4v) is 1.29. The van der Waals surface area contributed by atoms with Crippen LogP contribution in [0.25, 0.3) is 11.0 Å². The summed E-state index contributed by atoms with van der Waals surface area (Å²) in [4.78, 5) is 7.14. The Hall–Kier alpha value is -1.55. The molecule has 0 aliphatic heterocycles. The van der Waals surface area contributed by atoms with E-state index < -0.39 is 0 Å². The van der Waals surface area contributed by atoms with Crippen molar-refractivity contribution in [2.45, 2.75) is 6.61 Å². The van der Waals surface area contributed by atoms with E-state index in [9.17, 15) is 0 Å². The molecule has 2 rings (SSSR count). The van der Waals surface area contributed by atoms with Crippen LogP contribution in [0.4, 0.5) is 0 Å². The normalized spacial score (nSPS) is 10.6. The quantitative estimate of drug-likeness (QED) is 0.723. The van der Waals surface area contributed by atoms with Gasteiger partial charge in [0.25, 0.3) is 6.01 Å². The van der Waals surface area contributed by atoms with Gasteiger partial charge in [0.05, 0.1) is 24.8 Å². The van der Waals surface area contributed by atoms with Gasteiger partial charge in [-0.05, 0) is 6.07 Å². The van der Waals surface area contributed by atoms with E-state index in [0.717, 1.165) is 16.6 Å². The Morgan fingerprint density at radius 3 is 3.08 bits per heavy atom. The third kappa shape index (κ3) is 1.25. The number of aliphatic hydroxyl groups excluding tert-OH is 1. The van der Waals surface area contributed by atoms with Crippen molar-refractivity contribution in [3.05, 3.63) is 23.8 Å². The van der Waals surface area contributed by atoms with Gasteiger partial charge < -0.3 is 14.8 Å². The van der Waals surface area contributed by atoms with Crippen molar-refractivity contribution in [2.24, 2.45) is 0 Å². The second-order valence-corrected chi connectivity index (χ2v) is 2.72. The van der Waals surface area contributed by atoms with Crippen LogP contribution in [0.3, 0.4) is 0 Å². The van der Waals surface area contributed by atoms with Crippen molar-refractivity contribution in [3.63, 3.8) is 0 Å². The fourth-order valence-electron chi connectivity index (χ4n) is 1.29. The molecule has 0 fully saturated rings. The fraction of sp³-hybridized carbons (Fsp3) is 0.222. The average molecular weight is 178 g/mol. The molecule has 68 valence electrons. The van der Waals surface area contributed by atoms with Gasteiger partial charge in [0.1, 0.15) is 0 Å². The summed E-state index contributed by atoms with van der Waals surface area (Å²) in [5.41, 5.74) is 2.45. The summed E-state index contributed by atoms with van der Waals surface area (Å²) in [6.07, 6.45) is 0. The number of fused-ring (bicyclic) bond motifs is 1. The summed E-state index contributed by atoms with van der Waals surface area (Å²) in [5, 5.41) is 9.02. The molecule has 0 amide bonds. The van der Waals surface area contributed by atoms with Crippen LogP contribution < -0.4 is 4.74 Å². The molecule has 4 nitrogen and oxygen atoms in total. The zero-order chi connectivity index (χ0) is 9.26. The van der Waals surface area contributed by atoms with Crippen LogP contribution in [-0.4, -0.2) is 22.2 Å². The summed E-state index contributed by atoms with van der Waals surface area (Å²) in [6.45, 7) is -0.00858. The standard InChI is InChI=1S/C9H10N2O2/c1-13-9-10-7-4-2-3-6(5-12)8(7)11-9/h2-4,12H,5H2,1H3,(H,10,11). The maximum Gasteiger partial charge on any atom is 0.294 e. The number of aromatic nitrogens is 2. The minimum Gasteiger partial charge on any atom is -0.468 e. The first-order chi connectivity index (χ1) is 6.35. The predicted molar refractivity (Wildman–Crippen MR) is 48.6 cm³/mol. The molecule has 0 aliphatic carbocycles.